The number of methoxy groups -OCH3 is 1. The maximum atomic E-state index is 12.7. The normalized spacial score (nSPS) is 11.8. The number of ether oxygens (including phenoxy) is 2. The van der Waals surface area contributed by atoms with E-state index in [1.54, 1.807) is 36.4 Å². The van der Waals surface area contributed by atoms with E-state index in [0.29, 0.717) is 28.7 Å². The molecule has 0 aliphatic rings. The van der Waals surface area contributed by atoms with Gasteiger partial charge in [0.1, 0.15) is 12.7 Å². The van der Waals surface area contributed by atoms with Crippen molar-refractivity contribution < 1.29 is 19.4 Å². The van der Waals surface area contributed by atoms with Gasteiger partial charge in [-0.05, 0) is 30.2 Å². The number of hydrogen-bond acceptors (Lipinski definition) is 6. The summed E-state index contributed by atoms with van der Waals surface area (Å²) in [6.07, 6.45) is 1.42. The van der Waals surface area contributed by atoms with Crippen molar-refractivity contribution in [3.63, 3.8) is 0 Å². The minimum absolute atomic E-state index is 0.0298. The SMILES string of the molecule is C=CCc1ccc(OC[C@@H](O)Cn2nc(C(N)=O)c3ccccc3c2=O)c(OC)c1. The van der Waals surface area contributed by atoms with Crippen LogP contribution in [-0.2, 0) is 13.0 Å². The van der Waals surface area contributed by atoms with Gasteiger partial charge in [0.05, 0.1) is 19.0 Å². The Kier molecular flexibility index (Phi) is 6.48. The fourth-order valence-electron chi connectivity index (χ4n) is 3.10. The van der Waals surface area contributed by atoms with Crippen LogP contribution in [0.1, 0.15) is 16.1 Å². The fourth-order valence-corrected chi connectivity index (χ4v) is 3.10. The molecule has 0 fully saturated rings. The van der Waals surface area contributed by atoms with Crippen molar-refractivity contribution in [1.82, 2.24) is 9.78 Å². The Hall–Kier alpha value is -3.65. The molecule has 0 spiro atoms. The molecule has 3 rings (SSSR count). The number of aliphatic hydroxyl groups is 1. The Labute approximate surface area is 173 Å². The predicted molar refractivity (Wildman–Crippen MR) is 113 cm³/mol. The molecule has 0 aliphatic carbocycles. The zero-order valence-corrected chi connectivity index (χ0v) is 16.6. The van der Waals surface area contributed by atoms with E-state index in [1.807, 2.05) is 12.1 Å². The monoisotopic (exact) mass is 409 g/mol. The van der Waals surface area contributed by atoms with Crippen LogP contribution in [0.4, 0.5) is 0 Å². The lowest BCUT2D eigenvalue weighted by molar-refractivity contribution is 0.0858. The highest BCUT2D eigenvalue weighted by molar-refractivity contribution is 6.03. The predicted octanol–water partition coefficient (Wildman–Crippen LogP) is 1.67. The Bertz CT molecular complexity index is 1140. The highest BCUT2D eigenvalue weighted by Gasteiger charge is 2.17. The van der Waals surface area contributed by atoms with Crippen molar-refractivity contribution in [3.05, 3.63) is 76.7 Å². The Morgan fingerprint density at radius 2 is 2.00 bits per heavy atom. The summed E-state index contributed by atoms with van der Waals surface area (Å²) in [5, 5.41) is 15.1. The van der Waals surface area contributed by atoms with Gasteiger partial charge in [0.25, 0.3) is 11.5 Å². The van der Waals surface area contributed by atoms with Crippen molar-refractivity contribution in [3.8, 4) is 11.5 Å². The molecule has 0 bridgehead atoms. The third kappa shape index (κ3) is 4.49. The first-order valence-electron chi connectivity index (χ1n) is 9.33. The minimum atomic E-state index is -1.06. The topological polar surface area (TPSA) is 117 Å². The van der Waals surface area contributed by atoms with E-state index in [4.69, 9.17) is 15.2 Å². The number of allylic oxidation sites excluding steroid dienone is 1. The second-order valence-electron chi connectivity index (χ2n) is 6.69. The number of primary amides is 1. The first kappa shape index (κ1) is 21.1. The lowest BCUT2D eigenvalue weighted by Crippen LogP contribution is -2.34. The van der Waals surface area contributed by atoms with E-state index in [2.05, 4.69) is 11.7 Å². The number of rotatable bonds is 9. The van der Waals surface area contributed by atoms with Gasteiger partial charge in [0, 0.05) is 5.39 Å². The van der Waals surface area contributed by atoms with Crippen LogP contribution in [0.5, 0.6) is 11.5 Å². The number of hydrogen-bond donors (Lipinski definition) is 2. The van der Waals surface area contributed by atoms with Crippen LogP contribution in [0.2, 0.25) is 0 Å². The van der Waals surface area contributed by atoms with Gasteiger partial charge >= 0.3 is 0 Å². The summed E-state index contributed by atoms with van der Waals surface area (Å²) in [5.41, 5.74) is 5.96. The second kappa shape index (κ2) is 9.23. The van der Waals surface area contributed by atoms with Gasteiger partial charge in [-0.3, -0.25) is 9.59 Å². The lowest BCUT2D eigenvalue weighted by atomic mass is 10.1. The standard InChI is InChI=1S/C22H23N3O5/c1-3-6-14-9-10-18(19(11-14)29-2)30-13-15(26)12-25-22(28)17-8-5-4-7-16(17)20(24-25)21(23)27/h3-5,7-11,15,26H,1,6,12-13H2,2H3,(H2,23,27)/t15-/m0/s1. The summed E-state index contributed by atoms with van der Waals surface area (Å²) in [6.45, 7) is 3.44. The van der Waals surface area contributed by atoms with Crippen LogP contribution in [0, 0.1) is 0 Å². The molecule has 0 radical (unpaired) electrons. The summed E-state index contributed by atoms with van der Waals surface area (Å²) in [7, 11) is 1.53. The highest BCUT2D eigenvalue weighted by atomic mass is 16.5. The molecule has 0 aliphatic heterocycles. The molecule has 8 nitrogen and oxygen atoms in total. The molecular formula is C22H23N3O5. The number of aromatic nitrogens is 2. The number of fused-ring (bicyclic) bond motifs is 1. The van der Waals surface area contributed by atoms with Crippen LogP contribution >= 0.6 is 0 Å². The van der Waals surface area contributed by atoms with Crippen molar-refractivity contribution in [2.24, 2.45) is 5.73 Å². The van der Waals surface area contributed by atoms with Crippen LogP contribution in [0.25, 0.3) is 10.8 Å². The van der Waals surface area contributed by atoms with E-state index < -0.39 is 17.6 Å². The number of aliphatic hydroxyl groups excluding tert-OH is 1. The second-order valence-corrected chi connectivity index (χ2v) is 6.69. The summed E-state index contributed by atoms with van der Waals surface area (Å²) < 4.78 is 12.0. The third-order valence-corrected chi connectivity index (χ3v) is 4.52. The largest absolute Gasteiger partial charge is 0.493 e. The van der Waals surface area contributed by atoms with Gasteiger partial charge in [0.2, 0.25) is 0 Å². The summed E-state index contributed by atoms with van der Waals surface area (Å²) in [4.78, 5) is 24.4. The summed E-state index contributed by atoms with van der Waals surface area (Å²) in [5.74, 6) is 0.231. The van der Waals surface area contributed by atoms with Gasteiger partial charge in [-0.2, -0.15) is 5.10 Å². The molecule has 156 valence electrons. The van der Waals surface area contributed by atoms with Crippen molar-refractivity contribution in [2.45, 2.75) is 19.1 Å². The van der Waals surface area contributed by atoms with Crippen LogP contribution in [0.3, 0.4) is 0 Å². The van der Waals surface area contributed by atoms with Gasteiger partial charge < -0.3 is 20.3 Å². The molecule has 0 saturated heterocycles. The Morgan fingerprint density at radius 1 is 1.27 bits per heavy atom. The molecule has 8 heteroatoms. The molecule has 1 atom stereocenters. The molecule has 2 aromatic carbocycles. The number of nitrogens with two attached hydrogens (primary N) is 1. The van der Waals surface area contributed by atoms with Crippen LogP contribution in [-0.4, -0.2) is 40.6 Å². The maximum Gasteiger partial charge on any atom is 0.274 e. The average molecular weight is 409 g/mol. The number of benzene rings is 2. The smallest absolute Gasteiger partial charge is 0.274 e. The molecule has 1 aromatic heterocycles. The molecule has 3 N–H and O–H groups in total. The highest BCUT2D eigenvalue weighted by Crippen LogP contribution is 2.28. The Morgan fingerprint density at radius 3 is 2.67 bits per heavy atom. The summed E-state index contributed by atoms with van der Waals surface area (Å²) in [6, 6.07) is 12.0. The number of amides is 1. The van der Waals surface area contributed by atoms with Crippen LogP contribution in [0.15, 0.2) is 59.9 Å². The molecule has 0 unspecified atom stereocenters. The van der Waals surface area contributed by atoms with E-state index >= 15 is 0 Å². The number of carbonyl (C=O) groups is 1. The molecule has 1 amide bonds. The lowest BCUT2D eigenvalue weighted by Gasteiger charge is -2.16. The van der Waals surface area contributed by atoms with Gasteiger partial charge in [-0.1, -0.05) is 30.3 Å². The quantitative estimate of drug-likeness (QED) is 0.519. The number of carbonyl (C=O) groups excluding carboxylic acids is 1. The van der Waals surface area contributed by atoms with E-state index in [1.165, 1.54) is 7.11 Å². The van der Waals surface area contributed by atoms with Crippen LogP contribution < -0.4 is 20.8 Å². The fraction of sp³-hybridized carbons (Fsp3) is 0.227. The van der Waals surface area contributed by atoms with Crippen molar-refractivity contribution in [2.75, 3.05) is 13.7 Å². The third-order valence-electron chi connectivity index (χ3n) is 4.52. The summed E-state index contributed by atoms with van der Waals surface area (Å²) >= 11 is 0. The van der Waals surface area contributed by atoms with E-state index in [0.717, 1.165) is 10.2 Å². The molecule has 1 heterocycles. The Balaban J connectivity index is 1.78. The van der Waals surface area contributed by atoms with E-state index in [9.17, 15) is 14.7 Å². The molecule has 3 aromatic rings. The van der Waals surface area contributed by atoms with Crippen molar-refractivity contribution >= 4 is 16.7 Å². The van der Waals surface area contributed by atoms with Gasteiger partial charge in [-0.15, -0.1) is 6.58 Å². The van der Waals surface area contributed by atoms with Gasteiger partial charge in [0.15, 0.2) is 17.2 Å². The molecule has 30 heavy (non-hydrogen) atoms. The minimum Gasteiger partial charge on any atom is -0.493 e. The molecule has 0 saturated carbocycles. The first-order chi connectivity index (χ1) is 14.4. The average Bonchev–Trinajstić information content (AvgIpc) is 2.74. The zero-order chi connectivity index (χ0) is 21.7. The van der Waals surface area contributed by atoms with Gasteiger partial charge in [-0.25, -0.2) is 4.68 Å². The molecular weight excluding hydrogens is 386 g/mol. The number of nitrogens with zero attached hydrogens (tertiary/aromatic N) is 2. The maximum absolute atomic E-state index is 12.7. The van der Waals surface area contributed by atoms with Crippen molar-refractivity contribution in [1.29, 1.82) is 0 Å². The van der Waals surface area contributed by atoms with E-state index in [-0.39, 0.29) is 18.8 Å². The zero-order valence-electron chi connectivity index (χ0n) is 16.6. The first-order valence-corrected chi connectivity index (χ1v) is 9.33.